The van der Waals surface area contributed by atoms with Crippen LogP contribution in [-0.4, -0.2) is 44.4 Å². The minimum atomic E-state index is 0.592. The van der Waals surface area contributed by atoms with E-state index in [2.05, 4.69) is 61.1 Å². The van der Waals surface area contributed by atoms with Crippen molar-refractivity contribution in [2.45, 2.75) is 32.6 Å². The summed E-state index contributed by atoms with van der Waals surface area (Å²) in [4.78, 5) is 11.2. The van der Waals surface area contributed by atoms with E-state index in [1.165, 1.54) is 29.8 Å². The summed E-state index contributed by atoms with van der Waals surface area (Å²) < 4.78 is 2.15. The lowest BCUT2D eigenvalue weighted by Gasteiger charge is -2.40. The van der Waals surface area contributed by atoms with Gasteiger partial charge in [-0.25, -0.2) is 9.97 Å². The van der Waals surface area contributed by atoms with Crippen molar-refractivity contribution in [3.63, 3.8) is 0 Å². The molecular weight excluding hydrogens is 338 g/mol. The number of anilines is 2. The number of hydrogen-bond donors (Lipinski definition) is 1. The van der Waals surface area contributed by atoms with E-state index in [1.54, 1.807) is 6.33 Å². The molecule has 27 heavy (non-hydrogen) atoms. The van der Waals surface area contributed by atoms with Crippen LogP contribution in [0.2, 0.25) is 0 Å². The molecule has 3 aromatic rings. The Labute approximate surface area is 158 Å². The van der Waals surface area contributed by atoms with Gasteiger partial charge in [-0.1, -0.05) is 0 Å². The molecule has 140 valence electrons. The monoisotopic (exact) mass is 363 g/mol. The Morgan fingerprint density at radius 1 is 1.11 bits per heavy atom. The summed E-state index contributed by atoms with van der Waals surface area (Å²) in [5.41, 5.74) is 5.86. The van der Waals surface area contributed by atoms with Gasteiger partial charge in [0.2, 0.25) is 0 Å². The molecule has 3 aromatic heterocycles. The molecule has 4 heterocycles. The number of hydrogen-bond acceptors (Lipinski definition) is 6. The molecule has 1 N–H and O–H groups in total. The number of aromatic nitrogens is 5. The van der Waals surface area contributed by atoms with Gasteiger partial charge in [0, 0.05) is 38.3 Å². The van der Waals surface area contributed by atoms with Crippen molar-refractivity contribution in [3.05, 3.63) is 35.4 Å². The summed E-state index contributed by atoms with van der Waals surface area (Å²) in [6.07, 6.45) is 6.39. The van der Waals surface area contributed by atoms with Gasteiger partial charge in [-0.05, 0) is 50.3 Å². The maximum absolute atomic E-state index is 4.46. The normalized spacial score (nSPS) is 17.0. The second-order valence-electron chi connectivity index (χ2n) is 7.83. The van der Waals surface area contributed by atoms with Crippen LogP contribution in [0.25, 0.3) is 11.0 Å². The molecule has 0 radical (unpaired) electrons. The molecule has 0 atom stereocenters. The predicted octanol–water partition coefficient (Wildman–Crippen LogP) is 2.49. The van der Waals surface area contributed by atoms with Crippen LogP contribution < -0.4 is 10.2 Å². The first-order valence-corrected chi connectivity index (χ1v) is 9.80. The molecule has 0 aromatic carbocycles. The summed E-state index contributed by atoms with van der Waals surface area (Å²) >= 11 is 0. The summed E-state index contributed by atoms with van der Waals surface area (Å²) in [7, 11) is 2.06. The van der Waals surface area contributed by atoms with Crippen LogP contribution >= 0.6 is 0 Å². The number of aryl methyl sites for hydroxylation is 4. The van der Waals surface area contributed by atoms with Crippen molar-refractivity contribution in [3.8, 4) is 0 Å². The molecule has 0 saturated carbocycles. The Morgan fingerprint density at radius 2 is 1.96 bits per heavy atom. The first-order chi connectivity index (χ1) is 13.2. The Morgan fingerprint density at radius 3 is 2.85 bits per heavy atom. The third kappa shape index (κ3) is 2.91. The number of nitrogens with zero attached hydrogens (tertiary/aromatic N) is 6. The molecule has 7 heteroatoms. The quantitative estimate of drug-likeness (QED) is 0.768. The van der Waals surface area contributed by atoms with Crippen LogP contribution in [0.3, 0.4) is 0 Å². The molecule has 2 aliphatic rings. The van der Waals surface area contributed by atoms with Crippen LogP contribution in [0, 0.1) is 12.8 Å². The van der Waals surface area contributed by atoms with Crippen molar-refractivity contribution >= 4 is 22.7 Å². The number of rotatable bonds is 4. The topological polar surface area (TPSA) is 71.8 Å². The largest absolute Gasteiger partial charge is 0.368 e. The lowest BCUT2D eigenvalue weighted by molar-refractivity contribution is 0.424. The van der Waals surface area contributed by atoms with Gasteiger partial charge in [0.05, 0.1) is 11.2 Å². The van der Waals surface area contributed by atoms with Crippen LogP contribution in [0.5, 0.6) is 0 Å². The van der Waals surface area contributed by atoms with Crippen LogP contribution in [-0.2, 0) is 19.9 Å². The lowest BCUT2D eigenvalue weighted by atomic mass is 9.95. The number of nitrogens with one attached hydrogen (secondary N) is 1. The van der Waals surface area contributed by atoms with Gasteiger partial charge in [-0.15, -0.1) is 5.10 Å². The zero-order chi connectivity index (χ0) is 18.4. The van der Waals surface area contributed by atoms with Crippen molar-refractivity contribution in [2.75, 3.05) is 29.9 Å². The van der Waals surface area contributed by atoms with Crippen molar-refractivity contribution in [1.29, 1.82) is 0 Å². The summed E-state index contributed by atoms with van der Waals surface area (Å²) in [6.45, 7) is 5.03. The average Bonchev–Trinajstić information content (AvgIpc) is 2.95. The molecule has 1 saturated heterocycles. The SMILES string of the molecule is Cc1cc2ncnc(NCC3CN(c4cc5c(nn4)CCCC5)C3)c2n1C. The fraction of sp³-hybridized carbons (Fsp3) is 0.500. The van der Waals surface area contributed by atoms with E-state index < -0.39 is 0 Å². The number of fused-ring (bicyclic) bond motifs is 2. The molecule has 7 nitrogen and oxygen atoms in total. The molecule has 5 rings (SSSR count). The standard InChI is InChI=1S/C20H25N7/c1-13-7-17-19(26(13)2)20(23-12-22-17)21-9-14-10-27(11-14)18-8-15-5-3-4-6-16(15)24-25-18/h7-8,12,14H,3-6,9-11H2,1-2H3,(H,21,22,23). The minimum absolute atomic E-state index is 0.592. The first kappa shape index (κ1) is 16.5. The van der Waals surface area contributed by atoms with Gasteiger partial charge < -0.3 is 14.8 Å². The zero-order valence-electron chi connectivity index (χ0n) is 15.9. The van der Waals surface area contributed by atoms with Gasteiger partial charge in [0.15, 0.2) is 11.6 Å². The van der Waals surface area contributed by atoms with E-state index in [-0.39, 0.29) is 0 Å². The van der Waals surface area contributed by atoms with E-state index in [1.807, 2.05) is 0 Å². The van der Waals surface area contributed by atoms with Crippen molar-refractivity contribution in [1.82, 2.24) is 24.7 Å². The van der Waals surface area contributed by atoms with Gasteiger partial charge in [0.25, 0.3) is 0 Å². The van der Waals surface area contributed by atoms with Gasteiger partial charge in [0.1, 0.15) is 11.8 Å². The second-order valence-corrected chi connectivity index (χ2v) is 7.83. The van der Waals surface area contributed by atoms with E-state index in [0.29, 0.717) is 5.92 Å². The minimum Gasteiger partial charge on any atom is -0.368 e. The Balaban J connectivity index is 1.23. The summed E-state index contributed by atoms with van der Waals surface area (Å²) in [6, 6.07) is 4.36. The van der Waals surface area contributed by atoms with Gasteiger partial charge in [-0.2, -0.15) is 5.10 Å². The van der Waals surface area contributed by atoms with Crippen LogP contribution in [0.15, 0.2) is 18.5 Å². The molecular formula is C20H25N7. The van der Waals surface area contributed by atoms with Crippen LogP contribution in [0.4, 0.5) is 11.6 Å². The van der Waals surface area contributed by atoms with Gasteiger partial charge in [-0.3, -0.25) is 0 Å². The molecule has 0 amide bonds. The molecule has 1 fully saturated rings. The van der Waals surface area contributed by atoms with Crippen molar-refractivity contribution < 1.29 is 0 Å². The smallest absolute Gasteiger partial charge is 0.154 e. The predicted molar refractivity (Wildman–Crippen MR) is 106 cm³/mol. The van der Waals surface area contributed by atoms with E-state index >= 15 is 0 Å². The van der Waals surface area contributed by atoms with E-state index in [9.17, 15) is 0 Å². The van der Waals surface area contributed by atoms with Crippen LogP contribution in [0.1, 0.15) is 29.8 Å². The Hall–Kier alpha value is -2.70. The van der Waals surface area contributed by atoms with Crippen molar-refractivity contribution in [2.24, 2.45) is 13.0 Å². The second kappa shape index (κ2) is 6.48. The molecule has 1 aliphatic carbocycles. The summed E-state index contributed by atoms with van der Waals surface area (Å²) in [5.74, 6) is 2.55. The first-order valence-electron chi connectivity index (χ1n) is 9.80. The fourth-order valence-electron chi connectivity index (χ4n) is 4.19. The highest BCUT2D eigenvalue weighted by Gasteiger charge is 2.29. The zero-order valence-corrected chi connectivity index (χ0v) is 15.9. The third-order valence-electron chi connectivity index (χ3n) is 5.96. The highest BCUT2D eigenvalue weighted by atomic mass is 15.3. The van der Waals surface area contributed by atoms with Gasteiger partial charge >= 0.3 is 0 Å². The average molecular weight is 363 g/mol. The molecule has 0 spiro atoms. The molecule has 0 bridgehead atoms. The lowest BCUT2D eigenvalue weighted by Crippen LogP contribution is -2.50. The maximum atomic E-state index is 4.46. The third-order valence-corrected chi connectivity index (χ3v) is 5.96. The highest BCUT2D eigenvalue weighted by Crippen LogP contribution is 2.28. The maximum Gasteiger partial charge on any atom is 0.154 e. The Kier molecular flexibility index (Phi) is 3.95. The molecule has 1 aliphatic heterocycles. The highest BCUT2D eigenvalue weighted by molar-refractivity contribution is 5.87. The van der Waals surface area contributed by atoms with E-state index in [4.69, 9.17) is 0 Å². The van der Waals surface area contributed by atoms with E-state index in [0.717, 1.165) is 55.1 Å². The fourth-order valence-corrected chi connectivity index (χ4v) is 4.19. The Bertz CT molecular complexity index is 987. The summed E-state index contributed by atoms with van der Waals surface area (Å²) in [5, 5.41) is 12.4. The molecule has 0 unspecified atom stereocenters.